The summed E-state index contributed by atoms with van der Waals surface area (Å²) in [6, 6.07) is 3.51. The quantitative estimate of drug-likeness (QED) is 0.744. The summed E-state index contributed by atoms with van der Waals surface area (Å²) in [5.41, 5.74) is 0.143. The molecule has 0 spiro atoms. The van der Waals surface area contributed by atoms with E-state index in [1.165, 1.54) is 4.52 Å². The summed E-state index contributed by atoms with van der Waals surface area (Å²) in [5.74, 6) is 0.876. The number of aliphatic hydroxyl groups is 1. The predicted molar refractivity (Wildman–Crippen MR) is 70.1 cm³/mol. The average Bonchev–Trinajstić information content (AvgIpc) is 2.79. The molecule has 2 unspecified atom stereocenters. The molecule has 0 radical (unpaired) electrons. The van der Waals surface area contributed by atoms with Gasteiger partial charge in [-0.2, -0.15) is 9.61 Å². The predicted octanol–water partition coefficient (Wildman–Crippen LogP) is 0.381. The van der Waals surface area contributed by atoms with E-state index in [9.17, 15) is 9.90 Å². The molecular weight excluding hydrogens is 246 g/mol. The number of nitrogens with zero attached hydrogens (tertiary/aromatic N) is 3. The number of anilines is 1. The number of hydrogen-bond donors (Lipinski definition) is 3. The van der Waals surface area contributed by atoms with Crippen LogP contribution in [0.15, 0.2) is 16.9 Å². The van der Waals surface area contributed by atoms with Crippen LogP contribution in [0.3, 0.4) is 0 Å². The smallest absolute Gasteiger partial charge is 0.364 e. The van der Waals surface area contributed by atoms with Crippen LogP contribution in [0.4, 0.5) is 5.82 Å². The van der Waals surface area contributed by atoms with E-state index in [0.717, 1.165) is 25.7 Å². The molecule has 0 amide bonds. The minimum absolute atomic E-state index is 0.235. The number of aliphatic hydroxyl groups excluding tert-OH is 1. The Bertz CT molecular complexity index is 620. The van der Waals surface area contributed by atoms with Crippen molar-refractivity contribution < 1.29 is 5.11 Å². The van der Waals surface area contributed by atoms with Crippen molar-refractivity contribution in [3.8, 4) is 0 Å². The number of hydrogen-bond acceptors (Lipinski definition) is 5. The van der Waals surface area contributed by atoms with E-state index in [-0.39, 0.29) is 17.7 Å². The summed E-state index contributed by atoms with van der Waals surface area (Å²) in [5, 5.41) is 23.4. The van der Waals surface area contributed by atoms with Gasteiger partial charge in [-0.3, -0.25) is 0 Å². The topological polar surface area (TPSA) is 95.3 Å². The van der Waals surface area contributed by atoms with Crippen LogP contribution in [0.2, 0.25) is 0 Å². The van der Waals surface area contributed by atoms with E-state index in [4.69, 9.17) is 0 Å². The maximum atomic E-state index is 11.4. The molecule has 1 saturated carbocycles. The molecule has 2 aromatic rings. The number of aromatic amines is 1. The van der Waals surface area contributed by atoms with E-state index in [1.807, 2.05) is 0 Å². The summed E-state index contributed by atoms with van der Waals surface area (Å²) >= 11 is 0. The summed E-state index contributed by atoms with van der Waals surface area (Å²) in [4.78, 5) is 11.4. The van der Waals surface area contributed by atoms with Gasteiger partial charge < -0.3 is 10.4 Å². The van der Waals surface area contributed by atoms with Gasteiger partial charge in [0.25, 0.3) is 0 Å². The van der Waals surface area contributed by atoms with Gasteiger partial charge in [0.2, 0.25) is 0 Å². The van der Waals surface area contributed by atoms with Gasteiger partial charge in [-0.25, -0.2) is 9.89 Å². The van der Waals surface area contributed by atoms with Crippen molar-refractivity contribution in [2.24, 2.45) is 5.92 Å². The van der Waals surface area contributed by atoms with E-state index in [2.05, 4.69) is 20.6 Å². The summed E-state index contributed by atoms with van der Waals surface area (Å²) in [6.45, 7) is 0.673. The van der Waals surface area contributed by atoms with Crippen molar-refractivity contribution >= 4 is 11.5 Å². The Morgan fingerprint density at radius 1 is 1.42 bits per heavy atom. The Hall–Kier alpha value is -1.89. The molecule has 3 rings (SSSR count). The van der Waals surface area contributed by atoms with Gasteiger partial charge in [-0.05, 0) is 25.0 Å². The zero-order valence-corrected chi connectivity index (χ0v) is 10.5. The molecule has 2 heterocycles. The highest BCUT2D eigenvalue weighted by Crippen LogP contribution is 2.24. The van der Waals surface area contributed by atoms with Crippen molar-refractivity contribution in [2.75, 3.05) is 11.9 Å². The van der Waals surface area contributed by atoms with Crippen LogP contribution in [0.1, 0.15) is 25.7 Å². The number of aromatic nitrogens is 4. The monoisotopic (exact) mass is 263 g/mol. The molecular formula is C12H17N5O2. The second-order valence-corrected chi connectivity index (χ2v) is 5.01. The fraction of sp³-hybridized carbons (Fsp3) is 0.583. The molecule has 2 aromatic heterocycles. The lowest BCUT2D eigenvalue weighted by Gasteiger charge is -2.27. The number of fused-ring (bicyclic) bond motifs is 1. The Morgan fingerprint density at radius 3 is 3.11 bits per heavy atom. The average molecular weight is 263 g/mol. The summed E-state index contributed by atoms with van der Waals surface area (Å²) in [6.07, 6.45) is 3.94. The van der Waals surface area contributed by atoms with Gasteiger partial charge in [-0.15, -0.1) is 5.10 Å². The first-order chi connectivity index (χ1) is 9.24. The lowest BCUT2D eigenvalue weighted by atomic mass is 9.86. The third-order valence-electron chi connectivity index (χ3n) is 3.69. The maximum Gasteiger partial charge on any atom is 0.364 e. The van der Waals surface area contributed by atoms with Gasteiger partial charge in [0, 0.05) is 12.5 Å². The first kappa shape index (κ1) is 12.2. The van der Waals surface area contributed by atoms with Gasteiger partial charge >= 0.3 is 5.69 Å². The molecule has 0 aliphatic heterocycles. The highest BCUT2D eigenvalue weighted by molar-refractivity contribution is 5.42. The molecule has 7 heteroatoms. The van der Waals surface area contributed by atoms with Crippen LogP contribution < -0.4 is 11.0 Å². The zero-order chi connectivity index (χ0) is 13.2. The fourth-order valence-corrected chi connectivity index (χ4v) is 2.56. The van der Waals surface area contributed by atoms with Crippen LogP contribution in [0, 0.1) is 5.92 Å². The lowest BCUT2D eigenvalue weighted by Crippen LogP contribution is -2.30. The summed E-state index contributed by atoms with van der Waals surface area (Å²) in [7, 11) is 0. The Kier molecular flexibility index (Phi) is 3.20. The van der Waals surface area contributed by atoms with E-state index < -0.39 is 0 Å². The Morgan fingerprint density at radius 2 is 2.26 bits per heavy atom. The number of H-pyrrole nitrogens is 1. The van der Waals surface area contributed by atoms with Crippen LogP contribution in [-0.2, 0) is 0 Å². The molecule has 19 heavy (non-hydrogen) atoms. The zero-order valence-electron chi connectivity index (χ0n) is 10.5. The molecule has 0 bridgehead atoms. The van der Waals surface area contributed by atoms with Gasteiger partial charge in [0.15, 0.2) is 5.65 Å². The third kappa shape index (κ3) is 2.46. The van der Waals surface area contributed by atoms with E-state index >= 15 is 0 Å². The first-order valence-electron chi connectivity index (χ1n) is 6.60. The van der Waals surface area contributed by atoms with Crippen LogP contribution in [0.5, 0.6) is 0 Å². The molecule has 1 aliphatic rings. The number of nitrogens with one attached hydrogen (secondary N) is 2. The van der Waals surface area contributed by atoms with E-state index in [1.54, 1.807) is 12.1 Å². The standard InChI is InChI=1S/C12H17N5O2/c18-9-4-2-1-3-8(9)7-13-10-5-6-11-14-15-12(19)17(11)16-10/h5-6,8-9,18H,1-4,7H2,(H,13,16)(H,15,19). The highest BCUT2D eigenvalue weighted by atomic mass is 16.3. The van der Waals surface area contributed by atoms with Crippen molar-refractivity contribution in [3.05, 3.63) is 22.6 Å². The first-order valence-corrected chi connectivity index (χ1v) is 6.60. The van der Waals surface area contributed by atoms with Crippen molar-refractivity contribution in [2.45, 2.75) is 31.8 Å². The number of rotatable bonds is 3. The maximum absolute atomic E-state index is 11.4. The minimum atomic E-state index is -0.351. The summed E-state index contributed by atoms with van der Waals surface area (Å²) < 4.78 is 1.22. The van der Waals surface area contributed by atoms with Gasteiger partial charge in [0.1, 0.15) is 5.82 Å². The SMILES string of the molecule is O=c1[nH]nc2ccc(NCC3CCCCC3O)nn12. The molecule has 0 saturated heterocycles. The lowest BCUT2D eigenvalue weighted by molar-refractivity contribution is 0.0763. The molecule has 1 fully saturated rings. The molecule has 2 atom stereocenters. The van der Waals surface area contributed by atoms with E-state index in [0.29, 0.717) is 18.0 Å². The van der Waals surface area contributed by atoms with Crippen molar-refractivity contribution in [1.29, 1.82) is 0 Å². The van der Waals surface area contributed by atoms with Crippen molar-refractivity contribution in [1.82, 2.24) is 19.8 Å². The van der Waals surface area contributed by atoms with Crippen molar-refractivity contribution in [3.63, 3.8) is 0 Å². The third-order valence-corrected chi connectivity index (χ3v) is 3.69. The van der Waals surface area contributed by atoms with Crippen LogP contribution in [-0.4, -0.2) is 37.6 Å². The van der Waals surface area contributed by atoms with Crippen LogP contribution >= 0.6 is 0 Å². The van der Waals surface area contributed by atoms with Crippen LogP contribution in [0.25, 0.3) is 5.65 Å². The molecule has 0 aromatic carbocycles. The molecule has 1 aliphatic carbocycles. The Labute approximate surface area is 109 Å². The molecule has 102 valence electrons. The molecule has 3 N–H and O–H groups in total. The second-order valence-electron chi connectivity index (χ2n) is 5.01. The highest BCUT2D eigenvalue weighted by Gasteiger charge is 2.22. The normalized spacial score (nSPS) is 23.6. The Balaban J connectivity index is 1.71. The second kappa shape index (κ2) is 5.00. The van der Waals surface area contributed by atoms with Gasteiger partial charge in [-0.1, -0.05) is 12.8 Å². The fourth-order valence-electron chi connectivity index (χ4n) is 2.56. The largest absolute Gasteiger partial charge is 0.393 e. The molecule has 7 nitrogen and oxygen atoms in total. The van der Waals surface area contributed by atoms with Gasteiger partial charge in [0.05, 0.1) is 6.10 Å². The minimum Gasteiger partial charge on any atom is -0.393 e.